The van der Waals surface area contributed by atoms with Crippen molar-refractivity contribution in [2.24, 2.45) is 0 Å². The number of nitrogens with one attached hydrogen (secondary N) is 1. The van der Waals surface area contributed by atoms with Crippen LogP contribution in [0.3, 0.4) is 0 Å². The number of piperazine rings is 1. The van der Waals surface area contributed by atoms with Crippen molar-refractivity contribution in [3.8, 4) is 16.9 Å². The number of thiophene rings is 1. The lowest BCUT2D eigenvalue weighted by atomic mass is 9.94. The first-order valence-corrected chi connectivity index (χ1v) is 12.6. The fraction of sp³-hybridized carbons (Fsp3) is 0.440. The van der Waals surface area contributed by atoms with E-state index in [4.69, 9.17) is 5.10 Å². The molecule has 1 N–H and O–H groups in total. The number of anilines is 1. The molecule has 0 bridgehead atoms. The van der Waals surface area contributed by atoms with E-state index in [9.17, 15) is 4.79 Å². The lowest BCUT2D eigenvalue weighted by Gasteiger charge is -2.32. The Morgan fingerprint density at radius 2 is 1.88 bits per heavy atom. The molecule has 1 amide bonds. The summed E-state index contributed by atoms with van der Waals surface area (Å²) in [6.07, 6.45) is 1.84. The SMILES string of the molecule is CNCCN(C)c1ccc(-n2nc(C(=O)N3CCN(C)CC3)c3c2-c2ccsc2CC3)cc1. The minimum Gasteiger partial charge on any atom is -0.373 e. The fourth-order valence-electron chi connectivity index (χ4n) is 4.72. The van der Waals surface area contributed by atoms with Crippen molar-refractivity contribution < 1.29 is 4.79 Å². The van der Waals surface area contributed by atoms with Crippen molar-refractivity contribution in [3.05, 3.63) is 51.8 Å². The van der Waals surface area contributed by atoms with Gasteiger partial charge in [-0.05, 0) is 62.6 Å². The molecule has 0 spiro atoms. The van der Waals surface area contributed by atoms with Gasteiger partial charge in [-0.15, -0.1) is 11.3 Å². The molecule has 3 aromatic rings. The number of hydrogen-bond acceptors (Lipinski definition) is 6. The molecular weight excluding hydrogens is 432 g/mol. The van der Waals surface area contributed by atoms with Crippen LogP contribution < -0.4 is 10.2 Å². The molecule has 1 fully saturated rings. The molecule has 1 aliphatic heterocycles. The molecule has 1 saturated heterocycles. The fourth-order valence-corrected chi connectivity index (χ4v) is 5.60. The average molecular weight is 465 g/mol. The first kappa shape index (κ1) is 22.1. The quantitative estimate of drug-likeness (QED) is 0.608. The number of aryl methyl sites for hydroxylation is 1. The second-order valence-corrected chi connectivity index (χ2v) is 9.98. The number of aromatic nitrogens is 2. The van der Waals surface area contributed by atoms with Crippen LogP contribution in [0.1, 0.15) is 20.9 Å². The number of rotatable bonds is 6. The van der Waals surface area contributed by atoms with E-state index >= 15 is 0 Å². The van der Waals surface area contributed by atoms with Gasteiger partial charge in [0.05, 0.1) is 11.4 Å². The summed E-state index contributed by atoms with van der Waals surface area (Å²) in [6, 6.07) is 10.7. The smallest absolute Gasteiger partial charge is 0.274 e. The van der Waals surface area contributed by atoms with Gasteiger partial charge in [0.1, 0.15) is 0 Å². The van der Waals surface area contributed by atoms with Crippen LogP contribution in [0.4, 0.5) is 5.69 Å². The number of nitrogens with zero attached hydrogens (tertiary/aromatic N) is 5. The van der Waals surface area contributed by atoms with Gasteiger partial charge in [-0.1, -0.05) is 0 Å². The number of amides is 1. The summed E-state index contributed by atoms with van der Waals surface area (Å²) < 4.78 is 2.00. The van der Waals surface area contributed by atoms with Crippen LogP contribution in [0.5, 0.6) is 0 Å². The van der Waals surface area contributed by atoms with E-state index in [0.29, 0.717) is 5.69 Å². The zero-order valence-corrected chi connectivity index (χ0v) is 20.5. The van der Waals surface area contributed by atoms with Crippen LogP contribution >= 0.6 is 11.3 Å². The van der Waals surface area contributed by atoms with Crippen molar-refractivity contribution in [3.63, 3.8) is 0 Å². The maximum Gasteiger partial charge on any atom is 0.274 e. The second kappa shape index (κ2) is 9.29. The Kier molecular flexibility index (Phi) is 6.23. The van der Waals surface area contributed by atoms with Crippen molar-refractivity contribution in [1.82, 2.24) is 24.9 Å². The minimum atomic E-state index is 0.0696. The number of benzene rings is 1. The first-order valence-electron chi connectivity index (χ1n) is 11.7. The molecular formula is C25H32N6OS. The third kappa shape index (κ3) is 4.18. The summed E-state index contributed by atoms with van der Waals surface area (Å²) in [6.45, 7) is 5.21. The van der Waals surface area contributed by atoms with E-state index in [-0.39, 0.29) is 5.91 Å². The van der Waals surface area contributed by atoms with Crippen molar-refractivity contribution >= 4 is 22.9 Å². The minimum absolute atomic E-state index is 0.0696. The zero-order valence-electron chi connectivity index (χ0n) is 19.7. The van der Waals surface area contributed by atoms with E-state index in [0.717, 1.165) is 69.1 Å². The van der Waals surface area contributed by atoms with Gasteiger partial charge in [-0.2, -0.15) is 5.10 Å². The normalized spacial score (nSPS) is 15.9. The van der Waals surface area contributed by atoms with Gasteiger partial charge in [0.25, 0.3) is 5.91 Å². The topological polar surface area (TPSA) is 56.6 Å². The van der Waals surface area contributed by atoms with Gasteiger partial charge >= 0.3 is 0 Å². The Labute approximate surface area is 199 Å². The standard InChI is InChI=1S/C25H32N6OS/c1-26-11-12-29(3)18-4-6-19(7-5-18)31-24-20-10-17-33-22(20)9-8-21(24)23(27-31)25(32)30-15-13-28(2)14-16-30/h4-7,10,17,26H,8-9,11-16H2,1-3H3. The summed E-state index contributed by atoms with van der Waals surface area (Å²) in [5.74, 6) is 0.0696. The Balaban J connectivity index is 1.52. The molecule has 1 aliphatic carbocycles. The molecule has 7 nitrogen and oxygen atoms in total. The molecule has 0 saturated carbocycles. The van der Waals surface area contributed by atoms with Gasteiger partial charge in [0, 0.05) is 68.0 Å². The third-order valence-electron chi connectivity index (χ3n) is 6.81. The van der Waals surface area contributed by atoms with E-state index in [1.165, 1.54) is 16.1 Å². The number of fused-ring (bicyclic) bond motifs is 3. The van der Waals surface area contributed by atoms with Crippen molar-refractivity contribution in [2.45, 2.75) is 12.8 Å². The highest BCUT2D eigenvalue weighted by Gasteiger charge is 2.32. The molecule has 33 heavy (non-hydrogen) atoms. The Morgan fingerprint density at radius 1 is 1.12 bits per heavy atom. The van der Waals surface area contributed by atoms with Crippen molar-refractivity contribution in [1.29, 1.82) is 0 Å². The number of carbonyl (C=O) groups excluding carboxylic acids is 1. The molecule has 2 aliphatic rings. The molecule has 0 atom stereocenters. The highest BCUT2D eigenvalue weighted by molar-refractivity contribution is 7.10. The van der Waals surface area contributed by atoms with Crippen LogP contribution in [0.2, 0.25) is 0 Å². The number of carbonyl (C=O) groups is 1. The van der Waals surface area contributed by atoms with Crippen LogP contribution in [0.25, 0.3) is 16.9 Å². The van der Waals surface area contributed by atoms with Gasteiger partial charge in [0.15, 0.2) is 5.69 Å². The van der Waals surface area contributed by atoms with Gasteiger partial charge in [-0.3, -0.25) is 4.79 Å². The molecule has 174 valence electrons. The van der Waals surface area contributed by atoms with Gasteiger partial charge in [-0.25, -0.2) is 4.68 Å². The maximum atomic E-state index is 13.5. The predicted molar refractivity (Wildman–Crippen MR) is 135 cm³/mol. The van der Waals surface area contributed by atoms with Crippen molar-refractivity contribution in [2.75, 3.05) is 65.3 Å². The first-order chi connectivity index (χ1) is 16.1. The highest BCUT2D eigenvalue weighted by atomic mass is 32.1. The number of hydrogen-bond donors (Lipinski definition) is 1. The monoisotopic (exact) mass is 464 g/mol. The van der Waals surface area contributed by atoms with E-state index in [1.54, 1.807) is 11.3 Å². The highest BCUT2D eigenvalue weighted by Crippen LogP contribution is 2.40. The largest absolute Gasteiger partial charge is 0.373 e. The molecule has 0 unspecified atom stereocenters. The Hall–Kier alpha value is -2.68. The summed E-state index contributed by atoms with van der Waals surface area (Å²) >= 11 is 1.80. The lowest BCUT2D eigenvalue weighted by molar-refractivity contribution is 0.0656. The average Bonchev–Trinajstić information content (AvgIpc) is 3.47. The third-order valence-corrected chi connectivity index (χ3v) is 7.79. The summed E-state index contributed by atoms with van der Waals surface area (Å²) in [7, 11) is 6.18. The molecule has 3 heterocycles. The lowest BCUT2D eigenvalue weighted by Crippen LogP contribution is -2.47. The summed E-state index contributed by atoms with van der Waals surface area (Å²) in [4.78, 5) is 21.4. The molecule has 8 heteroatoms. The molecule has 1 aromatic carbocycles. The zero-order chi connectivity index (χ0) is 22.9. The second-order valence-electron chi connectivity index (χ2n) is 8.98. The van der Waals surface area contributed by atoms with Gasteiger partial charge < -0.3 is 20.0 Å². The predicted octanol–water partition coefficient (Wildman–Crippen LogP) is 2.74. The van der Waals surface area contributed by atoms with Crippen LogP contribution in [-0.2, 0) is 12.8 Å². The summed E-state index contributed by atoms with van der Waals surface area (Å²) in [5, 5.41) is 10.3. The van der Waals surface area contributed by atoms with Gasteiger partial charge in [0.2, 0.25) is 0 Å². The Bertz CT molecular complexity index is 1130. The number of likely N-dealkylation sites (N-methyl/N-ethyl adjacent to an activating group) is 3. The van der Waals surface area contributed by atoms with Crippen LogP contribution in [0.15, 0.2) is 35.7 Å². The maximum absolute atomic E-state index is 13.5. The molecule has 0 radical (unpaired) electrons. The van der Waals surface area contributed by atoms with Crippen LogP contribution in [0, 0.1) is 0 Å². The van der Waals surface area contributed by atoms with E-state index in [1.807, 2.05) is 16.6 Å². The summed E-state index contributed by atoms with van der Waals surface area (Å²) in [5.41, 5.74) is 6.20. The van der Waals surface area contributed by atoms with Crippen LogP contribution in [-0.4, -0.2) is 85.9 Å². The van der Waals surface area contributed by atoms with E-state index in [2.05, 4.69) is 64.9 Å². The molecule has 2 aromatic heterocycles. The molecule has 5 rings (SSSR count). The van der Waals surface area contributed by atoms with E-state index < -0.39 is 0 Å². The Morgan fingerprint density at radius 3 is 2.61 bits per heavy atom.